The van der Waals surface area contributed by atoms with Gasteiger partial charge in [0.1, 0.15) is 23.1 Å². The lowest BCUT2D eigenvalue weighted by atomic mass is 9.87. The van der Waals surface area contributed by atoms with Crippen molar-refractivity contribution in [1.82, 2.24) is 10.2 Å². The van der Waals surface area contributed by atoms with Crippen LogP contribution in [0.15, 0.2) is 28.4 Å². The zero-order valence-electron chi connectivity index (χ0n) is 15.0. The van der Waals surface area contributed by atoms with E-state index in [9.17, 15) is 10.4 Å². The fourth-order valence-corrected chi connectivity index (χ4v) is 2.22. The minimum Gasteiger partial charge on any atom is -0.506 e. The van der Waals surface area contributed by atoms with Crippen LogP contribution in [0, 0.1) is 11.3 Å². The topological polar surface area (TPSA) is 97.4 Å². The van der Waals surface area contributed by atoms with Gasteiger partial charge in [-0.15, -0.1) is 10.2 Å². The van der Waals surface area contributed by atoms with Crippen molar-refractivity contribution < 1.29 is 5.11 Å². The van der Waals surface area contributed by atoms with Crippen LogP contribution in [-0.2, 0) is 10.8 Å². The van der Waals surface area contributed by atoms with Gasteiger partial charge >= 0.3 is 0 Å². The molecule has 1 aromatic heterocycles. The zero-order chi connectivity index (χ0) is 18.1. The van der Waals surface area contributed by atoms with E-state index < -0.39 is 0 Å². The molecule has 0 aliphatic rings. The second kappa shape index (κ2) is 6.08. The van der Waals surface area contributed by atoms with Crippen LogP contribution in [0.2, 0.25) is 0 Å². The molecule has 126 valence electrons. The fourth-order valence-electron chi connectivity index (χ4n) is 2.22. The number of nitrogens with one attached hydrogen (secondary N) is 1. The summed E-state index contributed by atoms with van der Waals surface area (Å²) in [5.74, 6) is 0.264. The minimum absolute atomic E-state index is 0.0387. The van der Waals surface area contributed by atoms with Gasteiger partial charge in [0.2, 0.25) is 5.82 Å². The van der Waals surface area contributed by atoms with E-state index in [1.54, 1.807) is 12.1 Å². The Balaban J connectivity index is 2.43. The second-order valence-electron chi connectivity index (χ2n) is 7.81. The minimum atomic E-state index is -0.250. The first-order valence-corrected chi connectivity index (χ1v) is 7.78. The Kier molecular flexibility index (Phi) is 4.48. The molecule has 0 fully saturated rings. The largest absolute Gasteiger partial charge is 0.506 e. The van der Waals surface area contributed by atoms with E-state index >= 15 is 0 Å². The number of rotatable bonds is 2. The Morgan fingerprint density at radius 2 is 1.75 bits per heavy atom. The van der Waals surface area contributed by atoms with Gasteiger partial charge in [-0.05, 0) is 23.1 Å². The van der Waals surface area contributed by atoms with Gasteiger partial charge in [-0.2, -0.15) is 10.4 Å². The van der Waals surface area contributed by atoms with Crippen molar-refractivity contribution in [2.75, 3.05) is 0 Å². The summed E-state index contributed by atoms with van der Waals surface area (Å²) >= 11 is 0. The number of hydrogen-bond acceptors (Lipinski definition) is 5. The molecule has 0 radical (unpaired) electrons. The van der Waals surface area contributed by atoms with Crippen LogP contribution in [0.4, 0.5) is 11.5 Å². The lowest BCUT2D eigenvalue weighted by Gasteiger charge is -2.19. The van der Waals surface area contributed by atoms with Crippen molar-refractivity contribution in [3.05, 3.63) is 35.0 Å². The maximum atomic E-state index is 9.99. The van der Waals surface area contributed by atoms with Gasteiger partial charge in [0, 0.05) is 5.41 Å². The summed E-state index contributed by atoms with van der Waals surface area (Å²) in [4.78, 5) is 0. The summed E-state index contributed by atoms with van der Waals surface area (Å²) in [6, 6.07) is 7.39. The number of phenolic OH excluding ortho intramolecular Hbond substituents is 1. The van der Waals surface area contributed by atoms with E-state index in [-0.39, 0.29) is 22.4 Å². The van der Waals surface area contributed by atoms with Crippen molar-refractivity contribution in [3.8, 4) is 11.8 Å². The molecular weight excluding hydrogens is 302 g/mol. The molecule has 0 aliphatic heterocycles. The first kappa shape index (κ1) is 17.7. The Morgan fingerprint density at radius 3 is 2.29 bits per heavy atom. The van der Waals surface area contributed by atoms with Crippen molar-refractivity contribution in [2.45, 2.75) is 52.4 Å². The third-order valence-electron chi connectivity index (χ3n) is 3.70. The Labute approximate surface area is 142 Å². The molecule has 2 rings (SSSR count). The summed E-state index contributed by atoms with van der Waals surface area (Å²) in [5, 5.41) is 34.5. The Bertz CT molecular complexity index is 809. The molecule has 6 nitrogen and oxygen atoms in total. The standard InChI is InChI=1S/C18H23N5O/c1-17(2,3)11-7-8-14(24)13(9-11)20-22-16-12(10-19)15(21-23-16)18(4,5)6/h7-9,24H,1-6H3,(H,21,23). The monoisotopic (exact) mass is 325 g/mol. The predicted molar refractivity (Wildman–Crippen MR) is 93.0 cm³/mol. The van der Waals surface area contributed by atoms with E-state index in [1.165, 1.54) is 0 Å². The summed E-state index contributed by atoms with van der Waals surface area (Å²) in [6.45, 7) is 12.2. The van der Waals surface area contributed by atoms with Gasteiger partial charge in [-0.3, -0.25) is 5.10 Å². The molecule has 2 N–H and O–H groups in total. The highest BCUT2D eigenvalue weighted by atomic mass is 16.3. The van der Waals surface area contributed by atoms with Crippen LogP contribution in [0.3, 0.4) is 0 Å². The van der Waals surface area contributed by atoms with Gasteiger partial charge in [0.05, 0.1) is 5.69 Å². The molecule has 0 saturated carbocycles. The highest BCUT2D eigenvalue weighted by Gasteiger charge is 2.24. The maximum Gasteiger partial charge on any atom is 0.213 e. The lowest BCUT2D eigenvalue weighted by molar-refractivity contribution is 0.475. The highest BCUT2D eigenvalue weighted by molar-refractivity contribution is 5.55. The van der Waals surface area contributed by atoms with Gasteiger partial charge in [-0.1, -0.05) is 47.6 Å². The molecule has 0 saturated heterocycles. The van der Waals surface area contributed by atoms with E-state index in [0.717, 1.165) is 5.56 Å². The average Bonchev–Trinajstić information content (AvgIpc) is 2.88. The quantitative estimate of drug-likeness (QED) is 0.760. The van der Waals surface area contributed by atoms with E-state index in [4.69, 9.17) is 0 Å². The van der Waals surface area contributed by atoms with Crippen LogP contribution in [-0.4, -0.2) is 15.3 Å². The molecule has 0 spiro atoms. The van der Waals surface area contributed by atoms with Crippen LogP contribution in [0.5, 0.6) is 5.75 Å². The number of H-pyrrole nitrogens is 1. The molecule has 0 bridgehead atoms. The molecule has 24 heavy (non-hydrogen) atoms. The van der Waals surface area contributed by atoms with Gasteiger partial charge in [0.25, 0.3) is 0 Å². The maximum absolute atomic E-state index is 9.99. The van der Waals surface area contributed by atoms with Crippen LogP contribution >= 0.6 is 0 Å². The van der Waals surface area contributed by atoms with E-state index in [2.05, 4.69) is 47.3 Å². The van der Waals surface area contributed by atoms with E-state index in [1.807, 2.05) is 26.8 Å². The summed E-state index contributed by atoms with van der Waals surface area (Å²) < 4.78 is 0. The third kappa shape index (κ3) is 3.62. The number of azo groups is 1. The number of phenols is 1. The fraction of sp³-hybridized carbons (Fsp3) is 0.444. The molecule has 6 heteroatoms. The molecule has 1 heterocycles. The normalized spacial score (nSPS) is 12.5. The predicted octanol–water partition coefficient (Wildman–Crippen LogP) is 5.00. The molecule has 0 aliphatic carbocycles. The van der Waals surface area contributed by atoms with Gasteiger partial charge in [0.15, 0.2) is 0 Å². The number of aromatic nitrogens is 2. The van der Waals surface area contributed by atoms with Gasteiger partial charge in [-0.25, -0.2) is 0 Å². The molecular formula is C18H23N5O. The zero-order valence-corrected chi connectivity index (χ0v) is 15.0. The lowest BCUT2D eigenvalue weighted by Crippen LogP contribution is -2.13. The Hall–Kier alpha value is -2.68. The second-order valence-corrected chi connectivity index (χ2v) is 7.81. The summed E-state index contributed by atoms with van der Waals surface area (Å²) in [7, 11) is 0. The SMILES string of the molecule is CC(C)(C)c1ccc(O)c(N=Nc2n[nH]c(C(C)(C)C)c2C#N)c1. The number of nitriles is 1. The molecule has 0 unspecified atom stereocenters. The number of nitrogens with zero attached hydrogens (tertiary/aromatic N) is 4. The first-order chi connectivity index (χ1) is 11.0. The van der Waals surface area contributed by atoms with Crippen LogP contribution < -0.4 is 0 Å². The number of benzene rings is 1. The molecule has 0 amide bonds. The summed E-state index contributed by atoms with van der Waals surface area (Å²) in [6.07, 6.45) is 0. The van der Waals surface area contributed by atoms with Crippen molar-refractivity contribution in [2.24, 2.45) is 10.2 Å². The number of aromatic amines is 1. The first-order valence-electron chi connectivity index (χ1n) is 7.78. The molecule has 0 atom stereocenters. The summed E-state index contributed by atoms with van der Waals surface area (Å²) in [5.41, 5.74) is 2.16. The number of aromatic hydroxyl groups is 1. The van der Waals surface area contributed by atoms with Crippen LogP contribution in [0.25, 0.3) is 0 Å². The molecule has 1 aromatic carbocycles. The van der Waals surface area contributed by atoms with Crippen molar-refractivity contribution in [1.29, 1.82) is 5.26 Å². The Morgan fingerprint density at radius 1 is 1.08 bits per heavy atom. The van der Waals surface area contributed by atoms with Crippen molar-refractivity contribution in [3.63, 3.8) is 0 Å². The average molecular weight is 325 g/mol. The smallest absolute Gasteiger partial charge is 0.213 e. The molecule has 2 aromatic rings. The van der Waals surface area contributed by atoms with Crippen LogP contribution in [0.1, 0.15) is 58.4 Å². The third-order valence-corrected chi connectivity index (χ3v) is 3.70. The number of hydrogen-bond donors (Lipinski definition) is 2. The highest BCUT2D eigenvalue weighted by Crippen LogP contribution is 2.35. The van der Waals surface area contributed by atoms with Crippen molar-refractivity contribution >= 4 is 11.5 Å². The van der Waals surface area contributed by atoms with E-state index in [0.29, 0.717) is 16.9 Å². The van der Waals surface area contributed by atoms with Gasteiger partial charge < -0.3 is 5.11 Å².